The van der Waals surface area contributed by atoms with E-state index in [2.05, 4.69) is 10.5 Å². The van der Waals surface area contributed by atoms with E-state index >= 15 is 0 Å². The minimum absolute atomic E-state index is 0.201. The van der Waals surface area contributed by atoms with E-state index in [9.17, 15) is 4.79 Å². The fraction of sp³-hybridized carbons (Fsp3) is 0.0667. The number of carboxylic acid groups (broad SMARTS) is 1. The first-order valence-corrected chi connectivity index (χ1v) is 5.86. The molecule has 0 radical (unpaired) electrons. The van der Waals surface area contributed by atoms with Gasteiger partial charge in [-0.25, -0.2) is 4.79 Å². The van der Waals surface area contributed by atoms with Gasteiger partial charge in [0.1, 0.15) is 0 Å². The highest BCUT2D eigenvalue weighted by molar-refractivity contribution is 5.99. The Balaban J connectivity index is 2.21. The lowest BCUT2D eigenvalue weighted by Crippen LogP contribution is -2.04. The Morgan fingerprint density at radius 2 is 1.68 bits per heavy atom. The van der Waals surface area contributed by atoms with Crippen molar-refractivity contribution in [3.63, 3.8) is 0 Å². The van der Waals surface area contributed by atoms with Gasteiger partial charge in [0.15, 0.2) is 0 Å². The number of benzene rings is 2. The monoisotopic (exact) mass is 254 g/mol. The lowest BCUT2D eigenvalue weighted by Gasteiger charge is -2.06. The summed E-state index contributed by atoms with van der Waals surface area (Å²) in [7, 11) is 0. The van der Waals surface area contributed by atoms with Gasteiger partial charge in [-0.15, -0.1) is 0 Å². The summed E-state index contributed by atoms with van der Waals surface area (Å²) < 4.78 is 0. The van der Waals surface area contributed by atoms with Crippen molar-refractivity contribution in [1.29, 1.82) is 0 Å². The first-order valence-electron chi connectivity index (χ1n) is 5.86. The van der Waals surface area contributed by atoms with Crippen LogP contribution in [0.4, 0.5) is 5.69 Å². The summed E-state index contributed by atoms with van der Waals surface area (Å²) >= 11 is 0. The molecule has 4 heteroatoms. The van der Waals surface area contributed by atoms with E-state index < -0.39 is 5.97 Å². The lowest BCUT2D eigenvalue weighted by molar-refractivity contribution is 0.0698. The predicted octanol–water partition coefficient (Wildman–Crippen LogP) is 3.22. The number of nitrogens with one attached hydrogen (secondary N) is 1. The number of nitrogens with zero attached hydrogens (tertiary/aromatic N) is 1. The second-order valence-electron chi connectivity index (χ2n) is 4.03. The first-order chi connectivity index (χ1) is 9.18. The largest absolute Gasteiger partial charge is 0.478 e. The van der Waals surface area contributed by atoms with Crippen LogP contribution in [0.1, 0.15) is 22.8 Å². The number of rotatable bonds is 4. The molecule has 2 aromatic rings. The molecule has 0 aliphatic rings. The van der Waals surface area contributed by atoms with E-state index in [1.54, 1.807) is 18.2 Å². The fourth-order valence-corrected chi connectivity index (χ4v) is 1.66. The summed E-state index contributed by atoms with van der Waals surface area (Å²) in [4.78, 5) is 11.0. The van der Waals surface area contributed by atoms with Crippen molar-refractivity contribution in [2.24, 2.45) is 5.10 Å². The van der Waals surface area contributed by atoms with Crippen molar-refractivity contribution < 1.29 is 9.90 Å². The van der Waals surface area contributed by atoms with Gasteiger partial charge in [0.05, 0.1) is 17.0 Å². The summed E-state index contributed by atoms with van der Waals surface area (Å²) in [6.45, 7) is 1.87. The third-order valence-corrected chi connectivity index (χ3v) is 2.69. The molecule has 0 aliphatic heterocycles. The molecule has 0 amide bonds. The molecule has 2 aromatic carbocycles. The van der Waals surface area contributed by atoms with Gasteiger partial charge in [-0.1, -0.05) is 42.5 Å². The molecule has 19 heavy (non-hydrogen) atoms. The average molecular weight is 254 g/mol. The molecule has 4 nitrogen and oxygen atoms in total. The molecule has 2 N–H and O–H groups in total. The third-order valence-electron chi connectivity index (χ3n) is 2.69. The number of anilines is 1. The average Bonchev–Trinajstić information content (AvgIpc) is 2.46. The molecule has 0 saturated heterocycles. The highest BCUT2D eigenvalue weighted by atomic mass is 16.4. The summed E-state index contributed by atoms with van der Waals surface area (Å²) in [5, 5.41) is 13.3. The number of para-hydroxylation sites is 1. The quantitative estimate of drug-likeness (QED) is 0.650. The summed E-state index contributed by atoms with van der Waals surface area (Å²) in [6.07, 6.45) is 0. The van der Waals surface area contributed by atoms with E-state index in [1.807, 2.05) is 37.3 Å². The smallest absolute Gasteiger partial charge is 0.337 e. The van der Waals surface area contributed by atoms with Crippen molar-refractivity contribution in [2.45, 2.75) is 6.92 Å². The zero-order chi connectivity index (χ0) is 13.7. The van der Waals surface area contributed by atoms with Gasteiger partial charge in [-0.3, -0.25) is 5.43 Å². The Hall–Kier alpha value is -2.62. The van der Waals surface area contributed by atoms with Gasteiger partial charge in [0.25, 0.3) is 0 Å². The van der Waals surface area contributed by atoms with Crippen LogP contribution >= 0.6 is 0 Å². The molecule has 0 fully saturated rings. The fourth-order valence-electron chi connectivity index (χ4n) is 1.66. The van der Waals surface area contributed by atoms with Crippen molar-refractivity contribution in [3.8, 4) is 0 Å². The number of aromatic carboxylic acids is 1. The molecule has 2 rings (SSSR count). The van der Waals surface area contributed by atoms with Gasteiger partial charge in [0.2, 0.25) is 0 Å². The SMILES string of the molecule is C/C(=N\Nc1ccccc1C(=O)O)c1ccccc1. The van der Waals surface area contributed by atoms with E-state index in [1.165, 1.54) is 6.07 Å². The molecule has 0 heterocycles. The number of hydrogen-bond acceptors (Lipinski definition) is 3. The highest BCUT2D eigenvalue weighted by Gasteiger charge is 2.07. The van der Waals surface area contributed by atoms with Crippen molar-refractivity contribution in [3.05, 3.63) is 65.7 Å². The van der Waals surface area contributed by atoms with E-state index in [-0.39, 0.29) is 5.56 Å². The van der Waals surface area contributed by atoms with Crippen LogP contribution in [-0.4, -0.2) is 16.8 Å². The minimum Gasteiger partial charge on any atom is -0.478 e. The second kappa shape index (κ2) is 5.82. The van der Waals surface area contributed by atoms with Crippen LogP contribution < -0.4 is 5.43 Å². The van der Waals surface area contributed by atoms with Crippen LogP contribution in [0.3, 0.4) is 0 Å². The maximum absolute atomic E-state index is 11.0. The number of hydrazone groups is 1. The van der Waals surface area contributed by atoms with Crippen LogP contribution in [0.15, 0.2) is 59.7 Å². The zero-order valence-electron chi connectivity index (χ0n) is 10.5. The zero-order valence-corrected chi connectivity index (χ0v) is 10.5. The molecule has 0 bridgehead atoms. The van der Waals surface area contributed by atoms with Gasteiger partial charge >= 0.3 is 5.97 Å². The summed E-state index contributed by atoms with van der Waals surface area (Å²) in [6, 6.07) is 16.4. The van der Waals surface area contributed by atoms with E-state index in [4.69, 9.17) is 5.11 Å². The molecular weight excluding hydrogens is 240 g/mol. The van der Waals surface area contributed by atoms with Gasteiger partial charge < -0.3 is 5.11 Å². The highest BCUT2D eigenvalue weighted by Crippen LogP contribution is 2.15. The molecule has 0 atom stereocenters. The van der Waals surface area contributed by atoms with Crippen molar-refractivity contribution >= 4 is 17.4 Å². The molecule has 0 saturated carbocycles. The molecule has 0 aliphatic carbocycles. The van der Waals surface area contributed by atoms with Crippen LogP contribution in [0.5, 0.6) is 0 Å². The maximum Gasteiger partial charge on any atom is 0.337 e. The maximum atomic E-state index is 11.0. The molecule has 96 valence electrons. The van der Waals surface area contributed by atoms with Crippen LogP contribution in [0.25, 0.3) is 0 Å². The third kappa shape index (κ3) is 3.19. The Kier molecular flexibility index (Phi) is 3.93. The first kappa shape index (κ1) is 12.8. The molecule has 0 spiro atoms. The minimum atomic E-state index is -0.976. The number of carbonyl (C=O) groups is 1. The van der Waals surface area contributed by atoms with Crippen LogP contribution in [0.2, 0.25) is 0 Å². The lowest BCUT2D eigenvalue weighted by atomic mass is 10.1. The molecular formula is C15H14N2O2. The predicted molar refractivity (Wildman–Crippen MR) is 75.7 cm³/mol. The standard InChI is InChI=1S/C15H14N2O2/c1-11(12-7-3-2-4-8-12)16-17-14-10-6-5-9-13(14)15(18)19/h2-10,17H,1H3,(H,18,19)/b16-11+. The number of hydrogen-bond donors (Lipinski definition) is 2. The Morgan fingerprint density at radius 1 is 1.05 bits per heavy atom. The van der Waals surface area contributed by atoms with Crippen LogP contribution in [0, 0.1) is 0 Å². The Labute approximate surface area is 111 Å². The summed E-state index contributed by atoms with van der Waals surface area (Å²) in [5.74, 6) is -0.976. The second-order valence-corrected chi connectivity index (χ2v) is 4.03. The Bertz CT molecular complexity index is 607. The van der Waals surface area contributed by atoms with Crippen LogP contribution in [-0.2, 0) is 0 Å². The van der Waals surface area contributed by atoms with E-state index in [0.29, 0.717) is 5.69 Å². The molecule has 0 aromatic heterocycles. The van der Waals surface area contributed by atoms with Gasteiger partial charge in [-0.05, 0) is 24.6 Å². The van der Waals surface area contributed by atoms with Gasteiger partial charge in [0, 0.05) is 0 Å². The van der Waals surface area contributed by atoms with Crippen molar-refractivity contribution in [1.82, 2.24) is 0 Å². The topological polar surface area (TPSA) is 61.7 Å². The van der Waals surface area contributed by atoms with Crippen molar-refractivity contribution in [2.75, 3.05) is 5.43 Å². The summed E-state index contributed by atoms with van der Waals surface area (Å²) in [5.41, 5.74) is 5.26. The normalized spacial score (nSPS) is 11.1. The van der Waals surface area contributed by atoms with Gasteiger partial charge in [-0.2, -0.15) is 5.10 Å². The Morgan fingerprint density at radius 3 is 2.37 bits per heavy atom. The molecule has 0 unspecified atom stereocenters. The number of carboxylic acids is 1. The van der Waals surface area contributed by atoms with E-state index in [0.717, 1.165) is 11.3 Å².